The largest absolute Gasteiger partial charge is 0.438 e. The molecule has 0 radical (unpaired) electrons. The van der Waals surface area contributed by atoms with Gasteiger partial charge in [0.2, 0.25) is 6.10 Å². The van der Waals surface area contributed by atoms with Crippen LogP contribution in [0.15, 0.2) is 33.1 Å². The molecule has 0 aromatic heterocycles. The summed E-state index contributed by atoms with van der Waals surface area (Å²) in [5, 5.41) is 12.8. The summed E-state index contributed by atoms with van der Waals surface area (Å²) in [6, 6.07) is -2.29. The van der Waals surface area contributed by atoms with Gasteiger partial charge in [0, 0.05) is 11.6 Å². The summed E-state index contributed by atoms with van der Waals surface area (Å²) in [4.78, 5) is 0. The minimum atomic E-state index is -4.72. The van der Waals surface area contributed by atoms with Crippen LogP contribution in [0.25, 0.3) is 0 Å². The maximum Gasteiger partial charge on any atom is 0.270 e. The van der Waals surface area contributed by atoms with Gasteiger partial charge in [-0.2, -0.15) is 35.5 Å². The Kier molecular flexibility index (Phi) is 7.24. The highest BCUT2D eigenvalue weighted by atomic mass is 32.2. The van der Waals surface area contributed by atoms with Crippen LogP contribution < -0.4 is 5.73 Å². The molecule has 7 N–H and O–H groups in total. The Hall–Kier alpha value is -1.27. The third kappa shape index (κ3) is 5.53. The van der Waals surface area contributed by atoms with Crippen LogP contribution in [0.5, 0.6) is 0 Å². The van der Waals surface area contributed by atoms with Crippen molar-refractivity contribution in [1.82, 2.24) is 0 Å². The van der Waals surface area contributed by atoms with Crippen LogP contribution in [-0.2, 0) is 30.4 Å². The Labute approximate surface area is 192 Å². The lowest BCUT2D eigenvalue weighted by atomic mass is 9.72. The van der Waals surface area contributed by atoms with Crippen molar-refractivity contribution in [2.24, 2.45) is 21.9 Å². The fraction of sp³-hybridized carbons (Fsp3) is 0.765. The molecule has 0 saturated carbocycles. The van der Waals surface area contributed by atoms with Crippen molar-refractivity contribution in [3.8, 4) is 0 Å². The first kappa shape index (κ1) is 26.3. The summed E-state index contributed by atoms with van der Waals surface area (Å²) in [5.74, 6) is -0.745. The molecule has 3 aliphatic rings. The first-order valence-electron chi connectivity index (χ1n) is 10.2. The third-order valence-corrected chi connectivity index (χ3v) is 10.6. The minimum Gasteiger partial charge on any atom is -0.438 e. The lowest BCUT2D eigenvalue weighted by Gasteiger charge is -2.41. The standard InChI is InChI=1S/C17H27N3O10S3/c1-8-12(32(25,26)27)6-9-7-13(33(28,29)30)16(17(21)14(9)15(8)18)20-19-10-2-4-11(5-3-10)31(22,23)24/h2,8,11-13,15-17,21H,3-7,18H2,1H3,(H,22,23,24)(H,25,26,27)(H,28,29,30)/p+1. The summed E-state index contributed by atoms with van der Waals surface area (Å²) in [6.45, 7) is 1.52. The van der Waals surface area contributed by atoms with Crippen LogP contribution >= 0.6 is 0 Å². The van der Waals surface area contributed by atoms with Gasteiger partial charge in [-0.15, -0.1) is 0 Å². The zero-order valence-electron chi connectivity index (χ0n) is 17.6. The Morgan fingerprint density at radius 2 is 1.58 bits per heavy atom. The quantitative estimate of drug-likeness (QED) is 0.158. The zero-order valence-corrected chi connectivity index (χ0v) is 20.1. The van der Waals surface area contributed by atoms with E-state index in [1.54, 1.807) is 0 Å². The van der Waals surface area contributed by atoms with E-state index in [-0.39, 0.29) is 37.7 Å². The Morgan fingerprint density at radius 1 is 1.00 bits per heavy atom. The molecule has 0 aliphatic heterocycles. The van der Waals surface area contributed by atoms with E-state index in [9.17, 15) is 34.4 Å². The van der Waals surface area contributed by atoms with Crippen LogP contribution in [0.2, 0.25) is 0 Å². The van der Waals surface area contributed by atoms with E-state index >= 15 is 0 Å². The van der Waals surface area contributed by atoms with E-state index in [1.807, 2.05) is 0 Å². The molecule has 7 unspecified atom stereocenters. The van der Waals surface area contributed by atoms with E-state index in [0.717, 1.165) is 0 Å². The summed E-state index contributed by atoms with van der Waals surface area (Å²) < 4.78 is 98.7. The molecule has 188 valence electrons. The number of nitrogens with zero attached hydrogens (tertiary/aromatic N) is 2. The third-order valence-electron chi connectivity index (χ3n) is 6.72. The normalized spacial score (nSPS) is 36.5. The number of azo groups is 1. The van der Waals surface area contributed by atoms with Crippen LogP contribution in [0.4, 0.5) is 0 Å². The number of nitrogens with two attached hydrogens (primary N) is 1. The van der Waals surface area contributed by atoms with Crippen molar-refractivity contribution in [3.05, 3.63) is 22.9 Å². The molecule has 16 heteroatoms. The fourth-order valence-corrected chi connectivity index (χ4v) is 7.64. The van der Waals surface area contributed by atoms with Crippen molar-refractivity contribution in [1.29, 1.82) is 0 Å². The monoisotopic (exact) mass is 530 g/mol. The summed E-state index contributed by atoms with van der Waals surface area (Å²) in [5.41, 5.74) is 7.14. The summed E-state index contributed by atoms with van der Waals surface area (Å²) in [6.07, 6.45) is -0.168. The van der Waals surface area contributed by atoms with Gasteiger partial charge in [-0.1, -0.05) is 18.6 Å². The second-order valence-electron chi connectivity index (χ2n) is 8.75. The van der Waals surface area contributed by atoms with Gasteiger partial charge >= 0.3 is 0 Å². The summed E-state index contributed by atoms with van der Waals surface area (Å²) in [7, 11) is -13.4. The number of hydrogen-bond donors (Lipinski definition) is 4. The maximum atomic E-state index is 12.1. The SMILES string of the molecule is CC1C(N)C2=C(CC1S(=O)(=O)O)CC(S(=O)(=O)O)C(N=NC1=CCC(S(=O)(=O)O)CC1)C2[OH2+]. The molecule has 0 bridgehead atoms. The Morgan fingerprint density at radius 3 is 2.06 bits per heavy atom. The molecule has 0 heterocycles. The van der Waals surface area contributed by atoms with Crippen molar-refractivity contribution >= 4 is 30.4 Å². The maximum absolute atomic E-state index is 12.1. The molecule has 13 nitrogen and oxygen atoms in total. The molecule has 0 aromatic rings. The second-order valence-corrected chi connectivity index (χ2v) is 13.7. The van der Waals surface area contributed by atoms with Crippen molar-refractivity contribution in [2.45, 2.75) is 73.0 Å². The fourth-order valence-electron chi connectivity index (χ4n) is 4.78. The van der Waals surface area contributed by atoms with Gasteiger partial charge in [-0.25, -0.2) is 0 Å². The van der Waals surface area contributed by atoms with Crippen LogP contribution in [0.1, 0.15) is 39.0 Å². The smallest absolute Gasteiger partial charge is 0.270 e. The molecule has 0 aromatic carbocycles. The van der Waals surface area contributed by atoms with Crippen LogP contribution in [-0.4, -0.2) is 78.0 Å². The van der Waals surface area contributed by atoms with Crippen LogP contribution in [0.3, 0.4) is 0 Å². The van der Waals surface area contributed by atoms with E-state index in [0.29, 0.717) is 11.3 Å². The molecule has 33 heavy (non-hydrogen) atoms. The molecular weight excluding hydrogens is 502 g/mol. The average Bonchev–Trinajstić information content (AvgIpc) is 2.67. The van der Waals surface area contributed by atoms with Gasteiger partial charge < -0.3 is 10.8 Å². The molecule has 0 spiro atoms. The van der Waals surface area contributed by atoms with Crippen molar-refractivity contribution < 1.29 is 44.0 Å². The first-order valence-corrected chi connectivity index (χ1v) is 14.7. The lowest BCUT2D eigenvalue weighted by Crippen LogP contribution is -2.55. The highest BCUT2D eigenvalue weighted by Crippen LogP contribution is 2.42. The molecule has 0 saturated heterocycles. The zero-order chi connectivity index (χ0) is 24.9. The van der Waals surface area contributed by atoms with Crippen molar-refractivity contribution in [2.75, 3.05) is 0 Å². The van der Waals surface area contributed by atoms with E-state index in [1.165, 1.54) is 13.0 Å². The second kappa shape index (κ2) is 9.07. The summed E-state index contributed by atoms with van der Waals surface area (Å²) >= 11 is 0. The van der Waals surface area contributed by atoms with Gasteiger partial charge in [0.1, 0.15) is 5.25 Å². The van der Waals surface area contributed by atoms with E-state index in [4.69, 9.17) is 15.4 Å². The molecule has 0 amide bonds. The highest BCUT2D eigenvalue weighted by molar-refractivity contribution is 7.87. The molecule has 3 aliphatic carbocycles. The van der Waals surface area contributed by atoms with Gasteiger partial charge in [-0.3, -0.25) is 13.7 Å². The van der Waals surface area contributed by atoms with Crippen molar-refractivity contribution in [3.63, 3.8) is 0 Å². The van der Waals surface area contributed by atoms with Gasteiger partial charge in [-0.05, 0) is 38.0 Å². The topological polar surface area (TPSA) is 237 Å². The lowest BCUT2D eigenvalue weighted by molar-refractivity contribution is 0.144. The number of rotatable bonds is 5. The Bertz CT molecular complexity index is 1210. The van der Waals surface area contributed by atoms with Gasteiger partial charge in [0.15, 0.2) is 6.04 Å². The highest BCUT2D eigenvalue weighted by Gasteiger charge is 2.53. The average molecular weight is 531 g/mol. The first-order chi connectivity index (χ1) is 15.0. The molecule has 7 atom stereocenters. The van der Waals surface area contributed by atoms with E-state index < -0.39 is 70.2 Å². The molecule has 0 fully saturated rings. The van der Waals surface area contributed by atoms with Gasteiger partial charge in [0.05, 0.1) is 16.2 Å². The Balaban J connectivity index is 1.94. The molecule has 3 rings (SSSR count). The number of allylic oxidation sites excluding steroid dienone is 3. The predicted octanol–water partition coefficient (Wildman–Crippen LogP) is -0.195. The predicted molar refractivity (Wildman–Crippen MR) is 117 cm³/mol. The van der Waals surface area contributed by atoms with Gasteiger partial charge in [0.25, 0.3) is 30.4 Å². The van der Waals surface area contributed by atoms with Crippen LogP contribution in [0, 0.1) is 5.92 Å². The number of hydrogen-bond acceptors (Lipinski definition) is 9. The minimum absolute atomic E-state index is 0.00139. The van der Waals surface area contributed by atoms with E-state index in [2.05, 4.69) is 10.2 Å². The molecular formula is C17H28N3O10S3+.